The molecule has 0 aliphatic rings. The highest BCUT2D eigenvalue weighted by molar-refractivity contribution is 5.21. The Hall–Kier alpha value is -0.780. The molecule has 0 radical (unpaired) electrons. The molecule has 0 unspecified atom stereocenters. The van der Waals surface area contributed by atoms with Crippen LogP contribution in [0.1, 0.15) is 76.3 Å². The van der Waals surface area contributed by atoms with Crippen LogP contribution in [0, 0.1) is 0 Å². The fourth-order valence-corrected chi connectivity index (χ4v) is 0.938. The van der Waals surface area contributed by atoms with Gasteiger partial charge in [-0.2, -0.15) is 0 Å². The third-order valence-electron chi connectivity index (χ3n) is 1.64. The van der Waals surface area contributed by atoms with Crippen molar-refractivity contribution in [2.75, 3.05) is 0 Å². The van der Waals surface area contributed by atoms with Gasteiger partial charge in [-0.3, -0.25) is 0 Å². The molecule has 0 heteroatoms. The number of hydrogen-bond donors (Lipinski definition) is 0. The largest absolute Gasteiger partial charge is 0.0776 e. The van der Waals surface area contributed by atoms with Crippen LogP contribution < -0.4 is 0 Å². The first kappa shape index (κ1) is 29.8. The van der Waals surface area contributed by atoms with Gasteiger partial charge in [0.1, 0.15) is 0 Å². The Kier molecular flexibility index (Phi) is 30.9. The molecular formula is C17H38. The third-order valence-corrected chi connectivity index (χ3v) is 1.64. The van der Waals surface area contributed by atoms with Gasteiger partial charge in [0, 0.05) is 0 Å². The molecule has 0 saturated heterocycles. The van der Waals surface area contributed by atoms with E-state index in [9.17, 15) is 0 Å². The minimum Gasteiger partial charge on any atom is -0.0776 e. The van der Waals surface area contributed by atoms with Crippen LogP contribution in [0.4, 0.5) is 0 Å². The van der Waals surface area contributed by atoms with Crippen LogP contribution >= 0.6 is 0 Å². The zero-order valence-corrected chi connectivity index (χ0v) is 10.9. The molecule has 0 atom stereocenters. The zero-order chi connectivity index (χ0) is 11.6. The molecule has 0 spiro atoms. The smallest absolute Gasteiger partial charge is 0.0132 e. The van der Waals surface area contributed by atoms with E-state index in [2.05, 4.69) is 51.1 Å². The van der Waals surface area contributed by atoms with Crippen molar-refractivity contribution in [3.63, 3.8) is 0 Å². The average Bonchev–Trinajstić information content (AvgIpc) is 2.24. The van der Waals surface area contributed by atoms with E-state index >= 15 is 0 Å². The molecule has 0 aliphatic heterocycles. The maximum atomic E-state index is 2.22. The Bertz CT molecular complexity index is 191. The summed E-state index contributed by atoms with van der Waals surface area (Å²) in [4.78, 5) is 0. The Morgan fingerprint density at radius 1 is 0.647 bits per heavy atom. The normalized spacial score (nSPS) is 7.47. The van der Waals surface area contributed by atoms with E-state index < -0.39 is 0 Å². The molecule has 0 heterocycles. The van der Waals surface area contributed by atoms with Gasteiger partial charge in [-0.05, 0) is 11.0 Å². The molecule has 106 valence electrons. The minimum atomic E-state index is 0. The molecule has 1 rings (SSSR count). The summed E-state index contributed by atoms with van der Waals surface area (Å²) in [7, 11) is 0. The molecule has 0 nitrogen and oxygen atoms in total. The van der Waals surface area contributed by atoms with Crippen LogP contribution in [0.15, 0.2) is 30.3 Å². The quantitative estimate of drug-likeness (QED) is 0.462. The van der Waals surface area contributed by atoms with E-state index in [1.807, 2.05) is 27.7 Å². The van der Waals surface area contributed by atoms with Crippen LogP contribution in [0.25, 0.3) is 0 Å². The summed E-state index contributed by atoms with van der Waals surface area (Å²) in [5.41, 5.74) is 1.69. The number of benzene rings is 1. The first-order valence-corrected chi connectivity index (χ1v) is 5.66. The molecule has 0 N–H and O–H groups in total. The summed E-state index contributed by atoms with van der Waals surface area (Å²) in [6, 6.07) is 10.6. The van der Waals surface area contributed by atoms with Crippen molar-refractivity contribution >= 4 is 0 Å². The predicted octanol–water partition coefficient (Wildman–Crippen LogP) is 6.94. The topological polar surface area (TPSA) is 0 Å². The summed E-state index contributed by atoms with van der Waals surface area (Å²) in [5, 5.41) is 0. The second-order valence-electron chi connectivity index (χ2n) is 3.62. The SMILES string of the molecule is C.C.C.CC.CC.CC(C)(C)c1ccccc1. The number of hydrogen-bond acceptors (Lipinski definition) is 0. The fraction of sp³-hybridized carbons (Fsp3) is 0.647. The van der Waals surface area contributed by atoms with Crippen LogP contribution in [0.2, 0.25) is 0 Å². The van der Waals surface area contributed by atoms with Gasteiger partial charge in [-0.1, -0.05) is 101 Å². The first-order chi connectivity index (χ1) is 6.61. The first-order valence-electron chi connectivity index (χ1n) is 5.66. The van der Waals surface area contributed by atoms with Crippen molar-refractivity contribution in [2.45, 2.75) is 76.2 Å². The molecule has 0 aliphatic carbocycles. The van der Waals surface area contributed by atoms with E-state index in [0.29, 0.717) is 5.41 Å². The van der Waals surface area contributed by atoms with E-state index in [1.165, 1.54) is 5.56 Å². The van der Waals surface area contributed by atoms with Gasteiger partial charge >= 0.3 is 0 Å². The monoisotopic (exact) mass is 242 g/mol. The minimum absolute atomic E-state index is 0. The Balaban J connectivity index is -0.0000000625. The summed E-state index contributed by atoms with van der Waals surface area (Å²) >= 11 is 0. The standard InChI is InChI=1S/C10H14.2C2H6.3CH4/c1-10(2,3)9-7-5-4-6-8-9;2*1-2;;;/h4-8H,1-3H3;2*1-2H3;3*1H4. The molecule has 1 aromatic carbocycles. The molecule has 1 aromatic rings. The predicted molar refractivity (Wildman–Crippen MR) is 88.0 cm³/mol. The molecule has 0 saturated carbocycles. The highest BCUT2D eigenvalue weighted by Crippen LogP contribution is 2.20. The fourth-order valence-electron chi connectivity index (χ4n) is 0.938. The van der Waals surface area contributed by atoms with Gasteiger partial charge in [0.15, 0.2) is 0 Å². The van der Waals surface area contributed by atoms with Gasteiger partial charge in [0.25, 0.3) is 0 Å². The van der Waals surface area contributed by atoms with Crippen molar-refractivity contribution < 1.29 is 0 Å². The Morgan fingerprint density at radius 3 is 1.12 bits per heavy atom. The van der Waals surface area contributed by atoms with Gasteiger partial charge in [0.2, 0.25) is 0 Å². The highest BCUT2D eigenvalue weighted by Gasteiger charge is 2.11. The van der Waals surface area contributed by atoms with E-state index in [4.69, 9.17) is 0 Å². The van der Waals surface area contributed by atoms with E-state index in [1.54, 1.807) is 0 Å². The Labute approximate surface area is 112 Å². The lowest BCUT2D eigenvalue weighted by atomic mass is 9.87. The maximum Gasteiger partial charge on any atom is -0.0132 e. The van der Waals surface area contributed by atoms with Gasteiger partial charge in [0.05, 0.1) is 0 Å². The van der Waals surface area contributed by atoms with E-state index in [-0.39, 0.29) is 22.3 Å². The molecule has 17 heavy (non-hydrogen) atoms. The van der Waals surface area contributed by atoms with Crippen LogP contribution in [0.3, 0.4) is 0 Å². The van der Waals surface area contributed by atoms with Crippen molar-refractivity contribution in [1.29, 1.82) is 0 Å². The lowest BCUT2D eigenvalue weighted by Gasteiger charge is -2.18. The lowest BCUT2D eigenvalue weighted by molar-refractivity contribution is 0.590. The summed E-state index contributed by atoms with van der Waals surface area (Å²) in [5.74, 6) is 0. The van der Waals surface area contributed by atoms with Crippen molar-refractivity contribution in [3.8, 4) is 0 Å². The van der Waals surface area contributed by atoms with E-state index in [0.717, 1.165) is 0 Å². The zero-order valence-electron chi connectivity index (χ0n) is 10.9. The molecule has 0 amide bonds. The summed E-state index contributed by atoms with van der Waals surface area (Å²) in [6.07, 6.45) is 0. The van der Waals surface area contributed by atoms with Gasteiger partial charge < -0.3 is 0 Å². The van der Waals surface area contributed by atoms with Crippen molar-refractivity contribution in [2.24, 2.45) is 0 Å². The third kappa shape index (κ3) is 15.2. The average molecular weight is 242 g/mol. The second kappa shape index (κ2) is 17.6. The summed E-state index contributed by atoms with van der Waals surface area (Å²) < 4.78 is 0. The van der Waals surface area contributed by atoms with Crippen LogP contribution in [-0.2, 0) is 5.41 Å². The molecule has 0 fully saturated rings. The Morgan fingerprint density at radius 2 is 0.941 bits per heavy atom. The van der Waals surface area contributed by atoms with Gasteiger partial charge in [-0.15, -0.1) is 0 Å². The molecule has 0 aromatic heterocycles. The lowest BCUT2D eigenvalue weighted by Crippen LogP contribution is -2.10. The molecular weight excluding hydrogens is 204 g/mol. The van der Waals surface area contributed by atoms with Gasteiger partial charge in [-0.25, -0.2) is 0 Å². The number of rotatable bonds is 0. The highest BCUT2D eigenvalue weighted by atomic mass is 14.2. The van der Waals surface area contributed by atoms with Crippen molar-refractivity contribution in [3.05, 3.63) is 35.9 Å². The van der Waals surface area contributed by atoms with Crippen LogP contribution in [0.5, 0.6) is 0 Å². The van der Waals surface area contributed by atoms with Crippen molar-refractivity contribution in [1.82, 2.24) is 0 Å². The second-order valence-corrected chi connectivity index (χ2v) is 3.62. The summed E-state index contributed by atoms with van der Waals surface area (Å²) in [6.45, 7) is 14.7. The molecule has 0 bridgehead atoms. The van der Waals surface area contributed by atoms with Crippen LogP contribution in [-0.4, -0.2) is 0 Å². The maximum absolute atomic E-state index is 2.22.